The van der Waals surface area contributed by atoms with Crippen LogP contribution in [-0.2, 0) is 16.0 Å². The van der Waals surface area contributed by atoms with Crippen molar-refractivity contribution in [1.29, 1.82) is 0 Å². The van der Waals surface area contributed by atoms with Gasteiger partial charge in [-0.05, 0) is 42.5 Å². The van der Waals surface area contributed by atoms with Crippen molar-refractivity contribution in [2.24, 2.45) is 0 Å². The number of allylic oxidation sites excluding steroid dienone is 1. The van der Waals surface area contributed by atoms with E-state index in [0.29, 0.717) is 24.0 Å². The Morgan fingerprint density at radius 2 is 1.91 bits per heavy atom. The molecule has 0 spiro atoms. The van der Waals surface area contributed by atoms with E-state index in [-0.39, 0.29) is 11.4 Å². The summed E-state index contributed by atoms with van der Waals surface area (Å²) >= 11 is 5.63. The van der Waals surface area contributed by atoms with E-state index >= 15 is 0 Å². The lowest BCUT2D eigenvalue weighted by atomic mass is 9.92. The quantitative estimate of drug-likeness (QED) is 0.748. The van der Waals surface area contributed by atoms with Crippen LogP contribution in [0.1, 0.15) is 36.8 Å². The van der Waals surface area contributed by atoms with Crippen LogP contribution >= 0.6 is 11.6 Å². The van der Waals surface area contributed by atoms with E-state index in [1.165, 1.54) is 12.1 Å². The Kier molecular flexibility index (Phi) is 3.80. The average Bonchev–Trinajstić information content (AvgIpc) is 2.36. The summed E-state index contributed by atoms with van der Waals surface area (Å²) in [5.41, 5.74) is 0.196. The van der Waals surface area contributed by atoms with Crippen LogP contribution in [0.5, 0.6) is 0 Å². The van der Waals surface area contributed by atoms with Gasteiger partial charge in [-0.1, -0.05) is 30.2 Å². The Hall–Kier alpha value is -1.01. The highest BCUT2D eigenvalue weighted by Crippen LogP contribution is 2.41. The van der Waals surface area contributed by atoms with Crippen LogP contribution in [0.3, 0.4) is 0 Å². The van der Waals surface area contributed by atoms with Gasteiger partial charge < -0.3 is 0 Å². The number of fused-ring (bicyclic) bond motifs is 2. The minimum atomic E-state index is -4.52. The van der Waals surface area contributed by atoms with Gasteiger partial charge in [-0.3, -0.25) is 0 Å². The zero-order chi connectivity index (χ0) is 16.1. The molecule has 1 fully saturated rings. The SMILES string of the molecule is O=S1(=O)C2C=C(c3ccc(Cl)c(C(F)(F)F)c3)CC1CCC2. The van der Waals surface area contributed by atoms with Crippen LogP contribution in [-0.4, -0.2) is 18.9 Å². The van der Waals surface area contributed by atoms with E-state index in [0.717, 1.165) is 12.5 Å². The zero-order valence-corrected chi connectivity index (χ0v) is 13.1. The Balaban J connectivity index is 2.04. The van der Waals surface area contributed by atoms with Gasteiger partial charge >= 0.3 is 6.18 Å². The van der Waals surface area contributed by atoms with Crippen molar-refractivity contribution in [3.05, 3.63) is 40.4 Å². The third kappa shape index (κ3) is 2.67. The van der Waals surface area contributed by atoms with E-state index < -0.39 is 32.1 Å². The van der Waals surface area contributed by atoms with Crippen LogP contribution in [0.4, 0.5) is 13.2 Å². The van der Waals surface area contributed by atoms with Gasteiger partial charge in [-0.15, -0.1) is 0 Å². The Morgan fingerprint density at radius 3 is 2.55 bits per heavy atom. The average molecular weight is 351 g/mol. The van der Waals surface area contributed by atoms with Crippen molar-refractivity contribution >= 4 is 27.0 Å². The van der Waals surface area contributed by atoms with Gasteiger partial charge in [0.2, 0.25) is 0 Å². The molecule has 3 rings (SSSR count). The predicted octanol–water partition coefficient (Wildman–Crippen LogP) is 4.48. The van der Waals surface area contributed by atoms with Crippen LogP contribution in [0, 0.1) is 0 Å². The Morgan fingerprint density at radius 1 is 1.18 bits per heavy atom. The molecule has 0 N–H and O–H groups in total. The Labute approximate surface area is 131 Å². The first-order chi connectivity index (χ1) is 10.2. The second-order valence-corrected chi connectivity index (χ2v) is 8.63. The van der Waals surface area contributed by atoms with E-state index in [9.17, 15) is 21.6 Å². The number of sulfone groups is 1. The number of hydrogen-bond donors (Lipinski definition) is 0. The van der Waals surface area contributed by atoms with E-state index in [1.54, 1.807) is 6.08 Å². The number of halogens is 4. The van der Waals surface area contributed by atoms with Gasteiger partial charge in [0.05, 0.1) is 21.1 Å². The summed E-state index contributed by atoms with van der Waals surface area (Å²) in [4.78, 5) is 0. The first-order valence-electron chi connectivity index (χ1n) is 7.00. The summed E-state index contributed by atoms with van der Waals surface area (Å²) in [6, 6.07) is 3.76. The molecule has 2 unspecified atom stereocenters. The van der Waals surface area contributed by atoms with Crippen molar-refractivity contribution in [1.82, 2.24) is 0 Å². The summed E-state index contributed by atoms with van der Waals surface area (Å²) in [7, 11) is -3.18. The smallest absolute Gasteiger partial charge is 0.228 e. The summed E-state index contributed by atoms with van der Waals surface area (Å²) in [6.45, 7) is 0. The third-order valence-corrected chi connectivity index (χ3v) is 7.26. The normalized spacial score (nSPS) is 27.4. The predicted molar refractivity (Wildman–Crippen MR) is 79.4 cm³/mol. The molecule has 1 aromatic rings. The minimum Gasteiger partial charge on any atom is -0.228 e. The maximum absolute atomic E-state index is 12.9. The topological polar surface area (TPSA) is 34.1 Å². The van der Waals surface area contributed by atoms with Crippen molar-refractivity contribution in [2.45, 2.75) is 42.4 Å². The van der Waals surface area contributed by atoms with Gasteiger partial charge in [-0.2, -0.15) is 13.2 Å². The highest BCUT2D eigenvalue weighted by molar-refractivity contribution is 7.93. The molecule has 1 saturated heterocycles. The van der Waals surface area contributed by atoms with Crippen LogP contribution in [0.25, 0.3) is 5.57 Å². The summed E-state index contributed by atoms with van der Waals surface area (Å²) in [5.74, 6) is 0. The number of hydrogen-bond acceptors (Lipinski definition) is 2. The third-order valence-electron chi connectivity index (χ3n) is 4.38. The zero-order valence-electron chi connectivity index (χ0n) is 11.5. The fourth-order valence-corrected chi connectivity index (χ4v) is 5.69. The number of rotatable bonds is 1. The molecule has 120 valence electrons. The molecule has 2 atom stereocenters. The first-order valence-corrected chi connectivity index (χ1v) is 8.99. The van der Waals surface area contributed by atoms with Crippen molar-refractivity contribution in [3.8, 4) is 0 Å². The molecule has 0 amide bonds. The molecular weight excluding hydrogens is 337 g/mol. The lowest BCUT2D eigenvalue weighted by Gasteiger charge is -2.33. The van der Waals surface area contributed by atoms with Gasteiger partial charge in [0.15, 0.2) is 9.84 Å². The maximum atomic E-state index is 12.9. The van der Waals surface area contributed by atoms with E-state index in [1.807, 2.05) is 0 Å². The fourth-order valence-electron chi connectivity index (χ4n) is 3.21. The standard InChI is InChI=1S/C15H14ClF3O2S/c16-14-5-4-9(8-13(14)15(17,18)19)10-6-11-2-1-3-12(7-10)22(11,20)21/h4-6,8,11-12H,1-3,7H2. The largest absolute Gasteiger partial charge is 0.417 e. The van der Waals surface area contributed by atoms with Gasteiger partial charge in [0.25, 0.3) is 0 Å². The molecule has 22 heavy (non-hydrogen) atoms. The Bertz CT molecular complexity index is 738. The molecule has 1 aromatic carbocycles. The first kappa shape index (κ1) is 15.9. The highest BCUT2D eigenvalue weighted by Gasteiger charge is 2.41. The second-order valence-electron chi connectivity index (χ2n) is 5.77. The van der Waals surface area contributed by atoms with E-state index in [2.05, 4.69) is 0 Å². The molecule has 2 aliphatic rings. The van der Waals surface area contributed by atoms with Gasteiger partial charge in [0, 0.05) is 0 Å². The van der Waals surface area contributed by atoms with Crippen LogP contribution in [0.2, 0.25) is 5.02 Å². The molecule has 0 aliphatic carbocycles. The second kappa shape index (κ2) is 5.27. The van der Waals surface area contributed by atoms with Gasteiger partial charge in [-0.25, -0.2) is 8.42 Å². The molecule has 0 aromatic heterocycles. The van der Waals surface area contributed by atoms with E-state index in [4.69, 9.17) is 11.6 Å². The number of alkyl halides is 3. The molecule has 2 nitrogen and oxygen atoms in total. The van der Waals surface area contributed by atoms with Crippen LogP contribution in [0.15, 0.2) is 24.3 Å². The molecule has 0 saturated carbocycles. The summed E-state index contributed by atoms with van der Waals surface area (Å²) in [6.07, 6.45) is -0.666. The monoisotopic (exact) mass is 350 g/mol. The molecule has 0 radical (unpaired) electrons. The van der Waals surface area contributed by atoms with Crippen molar-refractivity contribution in [3.63, 3.8) is 0 Å². The lowest BCUT2D eigenvalue weighted by molar-refractivity contribution is -0.137. The molecule has 2 heterocycles. The molecule has 2 bridgehead atoms. The molecular formula is C15H14ClF3O2S. The summed E-state index contributed by atoms with van der Waals surface area (Å²) < 4.78 is 63.3. The van der Waals surface area contributed by atoms with Crippen molar-refractivity contribution < 1.29 is 21.6 Å². The maximum Gasteiger partial charge on any atom is 0.417 e. The molecule has 2 aliphatic heterocycles. The lowest BCUT2D eigenvalue weighted by Crippen LogP contribution is -2.38. The fraction of sp³-hybridized carbons (Fsp3) is 0.467. The number of benzene rings is 1. The van der Waals surface area contributed by atoms with Crippen LogP contribution < -0.4 is 0 Å². The van der Waals surface area contributed by atoms with Crippen molar-refractivity contribution in [2.75, 3.05) is 0 Å². The minimum absolute atomic E-state index is 0.276. The highest BCUT2D eigenvalue weighted by atomic mass is 35.5. The van der Waals surface area contributed by atoms with Gasteiger partial charge in [0.1, 0.15) is 0 Å². The molecule has 7 heteroatoms. The summed E-state index contributed by atoms with van der Waals surface area (Å²) in [5, 5.41) is -1.39.